The average Bonchev–Trinajstić information content (AvgIpc) is 2.47. The van der Waals surface area contributed by atoms with Gasteiger partial charge < -0.3 is 0 Å². The number of ketones is 1. The molecular weight excluding hydrogens is 300 g/mol. The van der Waals surface area contributed by atoms with E-state index in [-0.39, 0.29) is 11.0 Å². The molecule has 3 nitrogen and oxygen atoms in total. The zero-order valence-electron chi connectivity index (χ0n) is 12.2. The molecule has 1 unspecified atom stereocenters. The van der Waals surface area contributed by atoms with Crippen LogP contribution >= 0.6 is 23.5 Å². The maximum atomic E-state index is 11.4. The van der Waals surface area contributed by atoms with Crippen LogP contribution in [0.1, 0.15) is 25.0 Å². The van der Waals surface area contributed by atoms with Gasteiger partial charge >= 0.3 is 0 Å². The molecule has 2 aromatic rings. The molecule has 0 fully saturated rings. The molecule has 0 saturated heterocycles. The lowest BCUT2D eigenvalue weighted by molar-refractivity contribution is -0.116. The summed E-state index contributed by atoms with van der Waals surface area (Å²) in [5, 5.41) is 0.564. The Morgan fingerprint density at radius 1 is 1.43 bits per heavy atom. The zero-order chi connectivity index (χ0) is 15.0. The number of Topliss-reactive ketones (excluding diaryl/α,β-unsaturated/α-hetero) is 1. The van der Waals surface area contributed by atoms with E-state index in [0.29, 0.717) is 5.16 Å². The van der Waals surface area contributed by atoms with Crippen LogP contribution in [0.25, 0.3) is 11.3 Å². The van der Waals surface area contributed by atoms with E-state index in [2.05, 4.69) is 30.1 Å². The number of nitrogens with zero attached hydrogens (tertiary/aromatic N) is 2. The second-order valence-electron chi connectivity index (χ2n) is 5.19. The third-order valence-corrected chi connectivity index (χ3v) is 5.69. The first kappa shape index (κ1) is 14.6. The Balaban J connectivity index is 2.01. The van der Waals surface area contributed by atoms with E-state index in [1.54, 1.807) is 6.92 Å². The molecule has 108 valence electrons. The first-order valence-corrected chi connectivity index (χ1v) is 8.68. The van der Waals surface area contributed by atoms with Crippen LogP contribution in [0.15, 0.2) is 34.4 Å². The minimum atomic E-state index is -0.113. The van der Waals surface area contributed by atoms with Gasteiger partial charge in [0.05, 0.1) is 10.9 Å². The fraction of sp³-hybridized carbons (Fsp3) is 0.312. The fourth-order valence-corrected chi connectivity index (χ4v) is 3.87. The van der Waals surface area contributed by atoms with E-state index in [0.717, 1.165) is 17.0 Å². The quantitative estimate of drug-likeness (QED) is 0.629. The highest BCUT2D eigenvalue weighted by Gasteiger charge is 2.20. The summed E-state index contributed by atoms with van der Waals surface area (Å²) in [5.74, 6) is 1.05. The van der Waals surface area contributed by atoms with Crippen LogP contribution in [0, 0.1) is 6.92 Å². The number of aryl methyl sites for hydroxylation is 1. The fourth-order valence-electron chi connectivity index (χ4n) is 2.14. The van der Waals surface area contributed by atoms with Crippen LogP contribution in [0.5, 0.6) is 0 Å². The molecule has 1 aliphatic heterocycles. The highest BCUT2D eigenvalue weighted by atomic mass is 32.2. The van der Waals surface area contributed by atoms with E-state index in [4.69, 9.17) is 4.98 Å². The molecule has 1 aromatic heterocycles. The van der Waals surface area contributed by atoms with Crippen molar-refractivity contribution in [2.24, 2.45) is 0 Å². The van der Waals surface area contributed by atoms with Crippen LogP contribution < -0.4 is 0 Å². The van der Waals surface area contributed by atoms with Crippen LogP contribution in [0.2, 0.25) is 0 Å². The molecule has 0 spiro atoms. The number of thioether (sulfide) groups is 2. The molecule has 0 saturated carbocycles. The highest BCUT2D eigenvalue weighted by molar-refractivity contribution is 8.00. The molecule has 3 rings (SSSR count). The molecule has 0 amide bonds. The zero-order valence-corrected chi connectivity index (χ0v) is 13.8. The van der Waals surface area contributed by atoms with E-state index < -0.39 is 0 Å². The van der Waals surface area contributed by atoms with Gasteiger partial charge in [-0.25, -0.2) is 9.97 Å². The second-order valence-corrected chi connectivity index (χ2v) is 7.51. The van der Waals surface area contributed by atoms with Crippen molar-refractivity contribution in [1.82, 2.24) is 9.97 Å². The Bertz CT molecular complexity index is 715. The molecule has 0 N–H and O–H groups in total. The topological polar surface area (TPSA) is 42.9 Å². The van der Waals surface area contributed by atoms with Gasteiger partial charge in [0.25, 0.3) is 0 Å². The van der Waals surface area contributed by atoms with Crippen LogP contribution in [-0.4, -0.2) is 21.0 Å². The summed E-state index contributed by atoms with van der Waals surface area (Å²) < 4.78 is 0. The van der Waals surface area contributed by atoms with Crippen molar-refractivity contribution < 1.29 is 4.79 Å². The minimum Gasteiger partial charge on any atom is -0.299 e. The number of rotatable bonds is 3. The largest absolute Gasteiger partial charge is 0.299 e. The predicted octanol–water partition coefficient (Wildman–Crippen LogP) is 4.13. The Morgan fingerprint density at radius 2 is 2.24 bits per heavy atom. The van der Waals surface area contributed by atoms with Gasteiger partial charge in [0.1, 0.15) is 5.78 Å². The average molecular weight is 316 g/mol. The summed E-state index contributed by atoms with van der Waals surface area (Å²) in [6, 6.07) is 6.47. The number of fused-ring (bicyclic) bond motifs is 3. The summed E-state index contributed by atoms with van der Waals surface area (Å²) in [7, 11) is 0. The summed E-state index contributed by atoms with van der Waals surface area (Å²) in [4.78, 5) is 21.8. The van der Waals surface area contributed by atoms with Gasteiger partial charge in [0, 0.05) is 28.0 Å². The van der Waals surface area contributed by atoms with Crippen molar-refractivity contribution in [2.45, 2.75) is 41.8 Å². The van der Waals surface area contributed by atoms with Crippen LogP contribution in [0.4, 0.5) is 0 Å². The van der Waals surface area contributed by atoms with Crippen molar-refractivity contribution in [3.63, 3.8) is 0 Å². The van der Waals surface area contributed by atoms with E-state index in [9.17, 15) is 4.79 Å². The summed E-state index contributed by atoms with van der Waals surface area (Å²) in [5.41, 5.74) is 4.59. The molecule has 0 aliphatic carbocycles. The van der Waals surface area contributed by atoms with E-state index in [1.165, 1.54) is 27.8 Å². The number of benzene rings is 1. The normalized spacial score (nSPS) is 14.2. The highest BCUT2D eigenvalue weighted by Crippen LogP contribution is 2.41. The molecule has 0 radical (unpaired) electrons. The lowest BCUT2D eigenvalue weighted by Crippen LogP contribution is -2.10. The number of carbonyl (C=O) groups excluding carboxylic acids is 1. The second kappa shape index (κ2) is 5.81. The first-order chi connectivity index (χ1) is 10.0. The Labute approximate surface area is 133 Å². The lowest BCUT2D eigenvalue weighted by atomic mass is 10.1. The van der Waals surface area contributed by atoms with Crippen LogP contribution in [-0.2, 0) is 10.5 Å². The standard InChI is InChI=1S/C16H16N2OS2/c1-9-4-5-14-13(6-9)15-12(8-20-14)7-17-16(18-15)21-11(3)10(2)19/h4-7,11H,8H2,1-3H3. The Hall–Kier alpha value is -1.33. The molecule has 5 heteroatoms. The molecular formula is C16H16N2OS2. The summed E-state index contributed by atoms with van der Waals surface area (Å²) in [6.07, 6.45) is 1.90. The molecule has 1 aromatic carbocycles. The number of carbonyl (C=O) groups is 1. The van der Waals surface area contributed by atoms with Crippen molar-refractivity contribution in [3.8, 4) is 11.3 Å². The molecule has 1 atom stereocenters. The minimum absolute atomic E-state index is 0.113. The Kier molecular flexibility index (Phi) is 4.04. The number of hydrogen-bond donors (Lipinski definition) is 0. The van der Waals surface area contributed by atoms with Gasteiger partial charge in [-0.05, 0) is 32.9 Å². The van der Waals surface area contributed by atoms with Crippen molar-refractivity contribution in [2.75, 3.05) is 0 Å². The van der Waals surface area contributed by atoms with Gasteiger partial charge in [0.2, 0.25) is 0 Å². The summed E-state index contributed by atoms with van der Waals surface area (Å²) in [6.45, 7) is 5.59. The SMILES string of the molecule is CC(=O)C(C)Sc1ncc2c(n1)-c1cc(C)ccc1SC2. The van der Waals surface area contributed by atoms with Crippen LogP contribution in [0.3, 0.4) is 0 Å². The predicted molar refractivity (Wildman–Crippen MR) is 87.8 cm³/mol. The Morgan fingerprint density at radius 3 is 3.00 bits per heavy atom. The van der Waals surface area contributed by atoms with Crippen molar-refractivity contribution >= 4 is 29.3 Å². The van der Waals surface area contributed by atoms with Crippen molar-refractivity contribution in [1.29, 1.82) is 0 Å². The lowest BCUT2D eigenvalue weighted by Gasteiger charge is -2.19. The summed E-state index contributed by atoms with van der Waals surface area (Å²) >= 11 is 3.25. The van der Waals surface area contributed by atoms with Gasteiger partial charge in [-0.2, -0.15) is 0 Å². The maximum absolute atomic E-state index is 11.4. The molecule has 1 aliphatic rings. The monoisotopic (exact) mass is 316 g/mol. The molecule has 2 heterocycles. The third kappa shape index (κ3) is 2.99. The smallest absolute Gasteiger partial charge is 0.188 e. The van der Waals surface area contributed by atoms with Gasteiger partial charge in [-0.1, -0.05) is 23.4 Å². The number of aromatic nitrogens is 2. The van der Waals surface area contributed by atoms with Gasteiger partial charge in [-0.3, -0.25) is 4.79 Å². The third-order valence-electron chi connectivity index (χ3n) is 3.47. The van der Waals surface area contributed by atoms with Crippen molar-refractivity contribution in [3.05, 3.63) is 35.5 Å². The van der Waals surface area contributed by atoms with E-state index in [1.807, 2.05) is 24.9 Å². The first-order valence-electron chi connectivity index (χ1n) is 6.81. The van der Waals surface area contributed by atoms with Gasteiger partial charge in [-0.15, -0.1) is 11.8 Å². The molecule has 0 bridgehead atoms. The number of hydrogen-bond acceptors (Lipinski definition) is 5. The molecule has 21 heavy (non-hydrogen) atoms. The van der Waals surface area contributed by atoms with Gasteiger partial charge in [0.15, 0.2) is 5.16 Å². The maximum Gasteiger partial charge on any atom is 0.188 e. The van der Waals surface area contributed by atoms with E-state index >= 15 is 0 Å².